The van der Waals surface area contributed by atoms with E-state index in [2.05, 4.69) is 35.6 Å². The topological polar surface area (TPSA) is 55.0 Å². The van der Waals surface area contributed by atoms with Crippen molar-refractivity contribution in [1.82, 2.24) is 9.97 Å². The van der Waals surface area contributed by atoms with Crippen LogP contribution in [0.15, 0.2) is 6.07 Å². The Balaban J connectivity index is 3.01. The van der Waals surface area contributed by atoms with Gasteiger partial charge < -0.3 is 10.6 Å². The van der Waals surface area contributed by atoms with Crippen LogP contribution in [-0.4, -0.2) is 28.0 Å². The maximum absolute atomic E-state index is 5.70. The monoisotopic (exact) mass is 280 g/mol. The van der Waals surface area contributed by atoms with E-state index in [0.717, 1.165) is 30.4 Å². The third-order valence-electron chi connectivity index (χ3n) is 3.06. The molecule has 0 spiro atoms. The van der Waals surface area contributed by atoms with Gasteiger partial charge in [0.15, 0.2) is 0 Å². The van der Waals surface area contributed by atoms with Crippen LogP contribution in [0.2, 0.25) is 0 Å². The van der Waals surface area contributed by atoms with Crippen molar-refractivity contribution in [3.63, 3.8) is 0 Å². The Kier molecular flexibility index (Phi) is 5.66. The molecule has 5 heteroatoms. The Morgan fingerprint density at radius 2 is 2.00 bits per heavy atom. The highest BCUT2D eigenvalue weighted by Crippen LogP contribution is 2.18. The number of thiocarbonyl (C=S) groups is 1. The van der Waals surface area contributed by atoms with Gasteiger partial charge in [0.05, 0.1) is 4.99 Å². The van der Waals surface area contributed by atoms with Gasteiger partial charge in [-0.25, -0.2) is 9.97 Å². The van der Waals surface area contributed by atoms with Gasteiger partial charge >= 0.3 is 0 Å². The normalized spacial score (nSPS) is 12.5. The van der Waals surface area contributed by atoms with E-state index in [-0.39, 0.29) is 5.92 Å². The molecule has 2 N–H and O–H groups in total. The average molecular weight is 280 g/mol. The summed E-state index contributed by atoms with van der Waals surface area (Å²) in [6, 6.07) is 2.02. The van der Waals surface area contributed by atoms with Crippen molar-refractivity contribution in [3.05, 3.63) is 17.6 Å². The Labute approximate surface area is 121 Å². The first-order valence-electron chi connectivity index (χ1n) is 6.75. The largest absolute Gasteiger partial charge is 0.393 e. The molecular weight excluding hydrogens is 256 g/mol. The van der Waals surface area contributed by atoms with Crippen molar-refractivity contribution >= 4 is 23.0 Å². The highest BCUT2D eigenvalue weighted by molar-refractivity contribution is 7.80. The van der Waals surface area contributed by atoms with E-state index >= 15 is 0 Å². The van der Waals surface area contributed by atoms with Gasteiger partial charge in [0, 0.05) is 36.7 Å². The van der Waals surface area contributed by atoms with E-state index in [0.29, 0.717) is 10.9 Å². The molecule has 0 saturated carbocycles. The summed E-state index contributed by atoms with van der Waals surface area (Å²) in [6.07, 6.45) is 0. The Morgan fingerprint density at radius 3 is 2.47 bits per heavy atom. The number of hydrogen-bond donors (Lipinski definition) is 1. The van der Waals surface area contributed by atoms with Crippen molar-refractivity contribution in [1.29, 1.82) is 0 Å². The van der Waals surface area contributed by atoms with Crippen LogP contribution in [0.5, 0.6) is 0 Å². The Hall–Kier alpha value is -1.23. The summed E-state index contributed by atoms with van der Waals surface area (Å²) in [5.41, 5.74) is 6.69. The number of nitrogens with two attached hydrogens (primary N) is 1. The van der Waals surface area contributed by atoms with Gasteiger partial charge in [-0.2, -0.15) is 0 Å². The molecule has 0 aromatic carbocycles. The molecular formula is C14H24N4S. The quantitative estimate of drug-likeness (QED) is 0.812. The summed E-state index contributed by atoms with van der Waals surface area (Å²) in [5, 5.41) is 0. The van der Waals surface area contributed by atoms with Crippen molar-refractivity contribution < 1.29 is 0 Å². The molecule has 4 nitrogen and oxygen atoms in total. The lowest BCUT2D eigenvalue weighted by Gasteiger charge is -2.26. The van der Waals surface area contributed by atoms with Gasteiger partial charge in [-0.15, -0.1) is 0 Å². The van der Waals surface area contributed by atoms with Gasteiger partial charge in [-0.3, -0.25) is 0 Å². The van der Waals surface area contributed by atoms with Crippen molar-refractivity contribution in [2.45, 2.75) is 40.5 Å². The van der Waals surface area contributed by atoms with Crippen LogP contribution < -0.4 is 10.6 Å². The summed E-state index contributed by atoms with van der Waals surface area (Å²) < 4.78 is 0. The molecule has 0 radical (unpaired) electrons. The molecule has 1 rings (SSSR count). The van der Waals surface area contributed by atoms with Gasteiger partial charge in [0.2, 0.25) is 0 Å². The van der Waals surface area contributed by atoms with E-state index in [1.54, 1.807) is 0 Å². The molecule has 1 unspecified atom stereocenters. The fourth-order valence-corrected chi connectivity index (χ4v) is 1.87. The maximum Gasteiger partial charge on any atom is 0.133 e. The summed E-state index contributed by atoms with van der Waals surface area (Å²) in [4.78, 5) is 11.9. The van der Waals surface area contributed by atoms with Crippen LogP contribution in [0.25, 0.3) is 0 Å². The molecule has 106 valence electrons. The molecule has 0 aliphatic carbocycles. The molecule has 1 atom stereocenters. The van der Waals surface area contributed by atoms with E-state index in [1.165, 1.54) is 0 Å². The second kappa shape index (κ2) is 6.80. The molecule has 0 amide bonds. The number of aromatic nitrogens is 2. The standard InChI is InChI=1S/C14H24N4S/c1-6-18(8-10(4)13(15)19)12-7-11(5)16-14(17-12)9(2)3/h7,9-10H,6,8H2,1-5H3,(H2,15,19). The van der Waals surface area contributed by atoms with Crippen LogP contribution in [-0.2, 0) is 0 Å². The number of rotatable bonds is 6. The number of anilines is 1. The zero-order chi connectivity index (χ0) is 14.6. The first-order chi connectivity index (χ1) is 8.85. The van der Waals surface area contributed by atoms with E-state index < -0.39 is 0 Å². The minimum atomic E-state index is 0.174. The summed E-state index contributed by atoms with van der Waals surface area (Å²) >= 11 is 5.05. The van der Waals surface area contributed by atoms with Crippen LogP contribution in [0.3, 0.4) is 0 Å². The summed E-state index contributed by atoms with van der Waals surface area (Å²) in [6.45, 7) is 12.0. The average Bonchev–Trinajstić information content (AvgIpc) is 2.34. The van der Waals surface area contributed by atoms with Crippen LogP contribution in [0.1, 0.15) is 45.1 Å². The molecule has 1 heterocycles. The molecule has 0 saturated heterocycles. The fraction of sp³-hybridized carbons (Fsp3) is 0.643. The molecule has 1 aromatic heterocycles. The Morgan fingerprint density at radius 1 is 1.37 bits per heavy atom. The number of nitrogens with zero attached hydrogens (tertiary/aromatic N) is 3. The first-order valence-corrected chi connectivity index (χ1v) is 7.15. The van der Waals surface area contributed by atoms with Crippen molar-refractivity contribution in [3.8, 4) is 0 Å². The smallest absolute Gasteiger partial charge is 0.133 e. The van der Waals surface area contributed by atoms with Gasteiger partial charge in [0.25, 0.3) is 0 Å². The lowest BCUT2D eigenvalue weighted by Crippen LogP contribution is -2.34. The minimum absolute atomic E-state index is 0.174. The van der Waals surface area contributed by atoms with Crippen LogP contribution in [0, 0.1) is 12.8 Å². The molecule has 0 fully saturated rings. The predicted octanol–water partition coefficient (Wildman–Crippen LogP) is 2.66. The summed E-state index contributed by atoms with van der Waals surface area (Å²) in [7, 11) is 0. The molecule has 19 heavy (non-hydrogen) atoms. The second-order valence-electron chi connectivity index (χ2n) is 5.22. The van der Waals surface area contributed by atoms with Gasteiger partial charge in [-0.1, -0.05) is 33.0 Å². The molecule has 0 aliphatic rings. The Bertz CT molecular complexity index is 445. The third kappa shape index (κ3) is 4.42. The lowest BCUT2D eigenvalue weighted by molar-refractivity contribution is 0.686. The zero-order valence-corrected chi connectivity index (χ0v) is 13.3. The number of aryl methyl sites for hydroxylation is 1. The SMILES string of the molecule is CCN(CC(C)C(N)=S)c1cc(C)nc(C(C)C)n1. The molecule has 0 aliphatic heterocycles. The maximum atomic E-state index is 5.70. The minimum Gasteiger partial charge on any atom is -0.393 e. The predicted molar refractivity (Wildman–Crippen MR) is 84.7 cm³/mol. The summed E-state index contributed by atoms with van der Waals surface area (Å²) in [5.74, 6) is 2.34. The second-order valence-corrected chi connectivity index (χ2v) is 5.69. The highest BCUT2D eigenvalue weighted by Gasteiger charge is 2.15. The number of hydrogen-bond acceptors (Lipinski definition) is 4. The van der Waals surface area contributed by atoms with Gasteiger partial charge in [-0.05, 0) is 13.8 Å². The van der Waals surface area contributed by atoms with E-state index in [9.17, 15) is 0 Å². The van der Waals surface area contributed by atoms with Gasteiger partial charge in [0.1, 0.15) is 11.6 Å². The van der Waals surface area contributed by atoms with Crippen LogP contribution >= 0.6 is 12.2 Å². The zero-order valence-electron chi connectivity index (χ0n) is 12.5. The lowest BCUT2D eigenvalue weighted by atomic mass is 10.1. The molecule has 1 aromatic rings. The highest BCUT2D eigenvalue weighted by atomic mass is 32.1. The van der Waals surface area contributed by atoms with E-state index in [4.69, 9.17) is 18.0 Å². The third-order valence-corrected chi connectivity index (χ3v) is 3.46. The first kappa shape index (κ1) is 15.8. The van der Waals surface area contributed by atoms with Crippen molar-refractivity contribution in [2.75, 3.05) is 18.0 Å². The molecule has 0 bridgehead atoms. The van der Waals surface area contributed by atoms with Crippen molar-refractivity contribution in [2.24, 2.45) is 11.7 Å². The van der Waals surface area contributed by atoms with Crippen LogP contribution in [0.4, 0.5) is 5.82 Å². The van der Waals surface area contributed by atoms with E-state index in [1.807, 2.05) is 19.9 Å². The fourth-order valence-electron chi connectivity index (χ4n) is 1.80.